The summed E-state index contributed by atoms with van der Waals surface area (Å²) in [6.45, 7) is 2.35. The SMILES string of the molecule is CC1/C2=C\C=C/Cc3c(ccc4c3CCC=C4)N1c1cc3ccccc3cc12. The van der Waals surface area contributed by atoms with Crippen molar-refractivity contribution >= 4 is 33.8 Å². The molecule has 0 spiro atoms. The van der Waals surface area contributed by atoms with Crippen LogP contribution in [0.25, 0.3) is 22.4 Å². The molecule has 1 nitrogen and oxygen atoms in total. The highest BCUT2D eigenvalue weighted by Crippen LogP contribution is 2.48. The van der Waals surface area contributed by atoms with E-state index in [0.29, 0.717) is 6.04 Å². The highest BCUT2D eigenvalue weighted by Gasteiger charge is 2.34. The lowest BCUT2D eigenvalue weighted by Gasteiger charge is -2.30. The van der Waals surface area contributed by atoms with Crippen molar-refractivity contribution in [2.75, 3.05) is 4.90 Å². The zero-order valence-electron chi connectivity index (χ0n) is 16.2. The highest BCUT2D eigenvalue weighted by molar-refractivity contribution is 6.00. The van der Waals surface area contributed by atoms with E-state index in [0.717, 1.165) is 19.3 Å². The summed E-state index contributed by atoms with van der Waals surface area (Å²) in [5.41, 5.74) is 9.96. The molecule has 2 heterocycles. The van der Waals surface area contributed by atoms with E-state index in [4.69, 9.17) is 0 Å². The van der Waals surface area contributed by atoms with Gasteiger partial charge in [-0.3, -0.25) is 0 Å². The molecule has 1 unspecified atom stereocenters. The monoisotopic (exact) mass is 361 g/mol. The standard InChI is InChI=1S/C27H23N/c1-18-22-11-6-7-13-24-23-12-5-4-8-19(23)14-15-26(24)28(18)27-17-21-10-3-2-9-20(21)16-25(22)27/h2-4,6-11,14-18H,5,12-13H2,1H3/b7-6-,22-11+. The Balaban J connectivity index is 1.66. The van der Waals surface area contributed by atoms with Gasteiger partial charge in [0.1, 0.15) is 0 Å². The number of rotatable bonds is 0. The van der Waals surface area contributed by atoms with E-state index in [1.165, 1.54) is 50.0 Å². The van der Waals surface area contributed by atoms with Gasteiger partial charge in [-0.15, -0.1) is 0 Å². The average Bonchev–Trinajstić information content (AvgIpc) is 3.03. The molecule has 0 saturated carbocycles. The molecule has 28 heavy (non-hydrogen) atoms. The molecule has 136 valence electrons. The van der Waals surface area contributed by atoms with Crippen LogP contribution in [0.1, 0.15) is 35.6 Å². The molecule has 3 aliphatic rings. The Bertz CT molecular complexity index is 1210. The number of hydrogen-bond donors (Lipinski definition) is 0. The molecule has 0 fully saturated rings. The fourth-order valence-electron chi connectivity index (χ4n) is 5.20. The Hall–Kier alpha value is -3.06. The zero-order chi connectivity index (χ0) is 18.7. The topological polar surface area (TPSA) is 3.24 Å². The van der Waals surface area contributed by atoms with E-state index < -0.39 is 0 Å². The van der Waals surface area contributed by atoms with E-state index in [9.17, 15) is 0 Å². The minimum Gasteiger partial charge on any atom is -0.333 e. The van der Waals surface area contributed by atoms with Crippen molar-refractivity contribution in [3.63, 3.8) is 0 Å². The number of fused-ring (bicyclic) bond motifs is 10. The summed E-state index contributed by atoms with van der Waals surface area (Å²) in [4.78, 5) is 2.58. The van der Waals surface area contributed by atoms with E-state index in [1.807, 2.05) is 0 Å². The van der Waals surface area contributed by atoms with Crippen LogP contribution in [-0.4, -0.2) is 6.04 Å². The lowest BCUT2D eigenvalue weighted by Crippen LogP contribution is -2.25. The van der Waals surface area contributed by atoms with Gasteiger partial charge in [0.15, 0.2) is 0 Å². The van der Waals surface area contributed by atoms with Crippen molar-refractivity contribution < 1.29 is 0 Å². The van der Waals surface area contributed by atoms with Crippen molar-refractivity contribution in [2.45, 2.75) is 32.2 Å². The van der Waals surface area contributed by atoms with Gasteiger partial charge >= 0.3 is 0 Å². The van der Waals surface area contributed by atoms with Crippen LogP contribution in [0.2, 0.25) is 0 Å². The van der Waals surface area contributed by atoms with Gasteiger partial charge in [-0.2, -0.15) is 0 Å². The second-order valence-corrected chi connectivity index (χ2v) is 8.09. The molecule has 0 aromatic heterocycles. The summed E-state index contributed by atoms with van der Waals surface area (Å²) < 4.78 is 0. The second kappa shape index (κ2) is 5.97. The van der Waals surface area contributed by atoms with Crippen LogP contribution in [0, 0.1) is 0 Å². The van der Waals surface area contributed by atoms with E-state index in [-0.39, 0.29) is 0 Å². The first-order valence-electron chi connectivity index (χ1n) is 10.3. The quantitative estimate of drug-likeness (QED) is 0.424. The normalized spacial score (nSPS) is 22.4. The van der Waals surface area contributed by atoms with Gasteiger partial charge in [0.05, 0.1) is 6.04 Å². The third-order valence-electron chi connectivity index (χ3n) is 6.57. The Kier molecular flexibility index (Phi) is 3.40. The van der Waals surface area contributed by atoms with Gasteiger partial charge in [0.2, 0.25) is 0 Å². The molecule has 3 aromatic rings. The first-order valence-corrected chi connectivity index (χ1v) is 10.3. The van der Waals surface area contributed by atoms with Crippen LogP contribution in [0.15, 0.2) is 72.8 Å². The Morgan fingerprint density at radius 3 is 2.64 bits per heavy atom. The van der Waals surface area contributed by atoms with E-state index in [1.54, 1.807) is 0 Å². The zero-order valence-corrected chi connectivity index (χ0v) is 16.2. The third-order valence-corrected chi connectivity index (χ3v) is 6.57. The molecule has 6 rings (SSSR count). The number of benzene rings is 3. The van der Waals surface area contributed by atoms with E-state index >= 15 is 0 Å². The second-order valence-electron chi connectivity index (χ2n) is 8.09. The molecular weight excluding hydrogens is 338 g/mol. The van der Waals surface area contributed by atoms with Crippen molar-refractivity contribution in [2.24, 2.45) is 0 Å². The molecule has 2 aliphatic heterocycles. The minimum atomic E-state index is 0.338. The van der Waals surface area contributed by atoms with Crippen LogP contribution >= 0.6 is 0 Å². The van der Waals surface area contributed by atoms with Crippen molar-refractivity contribution in [3.05, 3.63) is 95.1 Å². The maximum Gasteiger partial charge on any atom is 0.0570 e. The Morgan fingerprint density at radius 2 is 1.75 bits per heavy atom. The smallest absolute Gasteiger partial charge is 0.0570 e. The van der Waals surface area contributed by atoms with Crippen LogP contribution in [-0.2, 0) is 12.8 Å². The number of anilines is 2. The summed E-state index contributed by atoms with van der Waals surface area (Å²) in [7, 11) is 0. The molecule has 0 saturated heterocycles. The molecule has 1 aliphatic carbocycles. The first-order chi connectivity index (χ1) is 13.8. The van der Waals surface area contributed by atoms with Gasteiger partial charge in [-0.05, 0) is 77.4 Å². The third kappa shape index (κ3) is 2.19. The molecule has 0 N–H and O–H groups in total. The fourth-order valence-corrected chi connectivity index (χ4v) is 5.20. The van der Waals surface area contributed by atoms with Gasteiger partial charge in [0.25, 0.3) is 0 Å². The number of allylic oxidation sites excluding steroid dienone is 4. The summed E-state index contributed by atoms with van der Waals surface area (Å²) in [6.07, 6.45) is 14.8. The lowest BCUT2D eigenvalue weighted by atomic mass is 9.89. The highest BCUT2D eigenvalue weighted by atomic mass is 15.2. The average molecular weight is 361 g/mol. The molecule has 0 radical (unpaired) electrons. The minimum absolute atomic E-state index is 0.338. The summed E-state index contributed by atoms with van der Waals surface area (Å²) >= 11 is 0. The molecule has 1 atom stereocenters. The maximum absolute atomic E-state index is 2.58. The molecular formula is C27H23N. The predicted molar refractivity (Wildman–Crippen MR) is 120 cm³/mol. The lowest BCUT2D eigenvalue weighted by molar-refractivity contribution is 0.896. The van der Waals surface area contributed by atoms with Crippen molar-refractivity contribution in [3.8, 4) is 0 Å². The van der Waals surface area contributed by atoms with Gasteiger partial charge in [-0.1, -0.05) is 60.7 Å². The summed E-state index contributed by atoms with van der Waals surface area (Å²) in [5.74, 6) is 0. The molecule has 3 aromatic carbocycles. The first kappa shape index (κ1) is 15.9. The van der Waals surface area contributed by atoms with E-state index in [2.05, 4.69) is 90.7 Å². The fraction of sp³-hybridized carbons (Fsp3) is 0.185. The van der Waals surface area contributed by atoms with Crippen molar-refractivity contribution in [1.82, 2.24) is 0 Å². The van der Waals surface area contributed by atoms with Gasteiger partial charge in [-0.25, -0.2) is 0 Å². The number of nitrogens with zero attached hydrogens (tertiary/aromatic N) is 1. The van der Waals surface area contributed by atoms with Crippen LogP contribution in [0.4, 0.5) is 11.4 Å². The van der Waals surface area contributed by atoms with Gasteiger partial charge < -0.3 is 4.90 Å². The van der Waals surface area contributed by atoms with Crippen LogP contribution < -0.4 is 4.90 Å². The predicted octanol–water partition coefficient (Wildman–Crippen LogP) is 6.84. The molecule has 0 amide bonds. The Labute approximate surface area is 166 Å². The molecule has 2 bridgehead atoms. The summed E-state index contributed by atoms with van der Waals surface area (Å²) in [6, 6.07) is 18.5. The largest absolute Gasteiger partial charge is 0.333 e. The van der Waals surface area contributed by atoms with Gasteiger partial charge in [0, 0.05) is 16.9 Å². The maximum atomic E-state index is 2.58. The molecule has 1 heteroatoms. The Morgan fingerprint density at radius 1 is 0.893 bits per heavy atom. The van der Waals surface area contributed by atoms with Crippen LogP contribution in [0.3, 0.4) is 0 Å². The van der Waals surface area contributed by atoms with Crippen LogP contribution in [0.5, 0.6) is 0 Å². The number of hydrogen-bond acceptors (Lipinski definition) is 1. The van der Waals surface area contributed by atoms with Crippen molar-refractivity contribution in [1.29, 1.82) is 0 Å². The summed E-state index contributed by atoms with van der Waals surface area (Å²) in [5, 5.41) is 2.63.